The highest BCUT2D eigenvalue weighted by atomic mass is 15.1. The van der Waals surface area contributed by atoms with E-state index in [1.165, 1.54) is 76.3 Å². The number of para-hydroxylation sites is 3. The molecule has 13 rings (SSSR count). The summed E-state index contributed by atoms with van der Waals surface area (Å²) in [6.45, 7) is 0. The summed E-state index contributed by atoms with van der Waals surface area (Å²) in [5.41, 5.74) is 14.8. The molecule has 0 saturated carbocycles. The first kappa shape index (κ1) is 34.6. The van der Waals surface area contributed by atoms with Crippen LogP contribution >= 0.6 is 0 Å². The third-order valence-electron chi connectivity index (χ3n) is 12.9. The van der Waals surface area contributed by atoms with Crippen molar-refractivity contribution in [3.63, 3.8) is 0 Å². The van der Waals surface area contributed by atoms with Gasteiger partial charge in [-0.25, -0.2) is 0 Å². The van der Waals surface area contributed by atoms with E-state index in [0.29, 0.717) is 0 Å². The molecule has 2 aromatic heterocycles. The van der Waals surface area contributed by atoms with Gasteiger partial charge in [-0.3, -0.25) is 4.99 Å². The van der Waals surface area contributed by atoms with Crippen molar-refractivity contribution in [1.82, 2.24) is 9.13 Å². The molecule has 0 saturated heterocycles. The molecular weight excluding hydrogens is 753 g/mol. The molecule has 0 amide bonds. The molecule has 0 radical (unpaired) electrons. The van der Waals surface area contributed by atoms with Gasteiger partial charge < -0.3 is 14.5 Å². The van der Waals surface area contributed by atoms with Crippen LogP contribution in [0.4, 0.5) is 5.69 Å². The normalized spacial score (nSPS) is 13.9. The van der Waals surface area contributed by atoms with Crippen LogP contribution in [0, 0.1) is 0 Å². The van der Waals surface area contributed by atoms with Gasteiger partial charge in [-0.2, -0.15) is 0 Å². The topological polar surface area (TPSA) is 34.2 Å². The lowest BCUT2D eigenvalue weighted by molar-refractivity contribution is 0.838. The van der Waals surface area contributed by atoms with Crippen LogP contribution < -0.4 is 5.32 Å². The minimum Gasteiger partial charge on any atom is -0.359 e. The van der Waals surface area contributed by atoms with E-state index in [0.717, 1.165) is 39.5 Å². The summed E-state index contributed by atoms with van der Waals surface area (Å²) in [5, 5.41) is 13.6. The molecule has 3 heterocycles. The Hall–Kier alpha value is -8.21. The molecule has 10 aromatic carbocycles. The first-order chi connectivity index (χ1) is 30.7. The average Bonchev–Trinajstić information content (AvgIpc) is 3.86. The molecule has 1 unspecified atom stereocenters. The molecule has 12 aromatic rings. The van der Waals surface area contributed by atoms with Gasteiger partial charge in [-0.05, 0) is 81.9 Å². The van der Waals surface area contributed by atoms with Crippen molar-refractivity contribution in [2.45, 2.75) is 6.17 Å². The van der Waals surface area contributed by atoms with Crippen molar-refractivity contribution in [3.05, 3.63) is 235 Å². The van der Waals surface area contributed by atoms with Gasteiger partial charge in [0.2, 0.25) is 0 Å². The van der Waals surface area contributed by atoms with Gasteiger partial charge in [-0.1, -0.05) is 164 Å². The van der Waals surface area contributed by atoms with E-state index in [1.807, 2.05) is 0 Å². The van der Waals surface area contributed by atoms with E-state index in [4.69, 9.17) is 4.99 Å². The monoisotopic (exact) mass is 790 g/mol. The van der Waals surface area contributed by atoms with E-state index in [9.17, 15) is 0 Å². The second kappa shape index (κ2) is 13.7. The maximum absolute atomic E-state index is 5.58. The Labute approximate surface area is 358 Å². The summed E-state index contributed by atoms with van der Waals surface area (Å²) in [5.74, 6) is 0. The molecule has 1 aliphatic heterocycles. The largest absolute Gasteiger partial charge is 0.359 e. The fourth-order valence-electron chi connectivity index (χ4n) is 10.1. The fraction of sp³-hybridized carbons (Fsp3) is 0.0172. The highest BCUT2D eigenvalue weighted by Gasteiger charge is 2.26. The quantitative estimate of drug-likeness (QED) is 0.185. The van der Waals surface area contributed by atoms with Crippen molar-refractivity contribution >= 4 is 76.6 Å². The zero-order valence-electron chi connectivity index (χ0n) is 33.7. The van der Waals surface area contributed by atoms with Crippen molar-refractivity contribution in [1.29, 1.82) is 0 Å². The molecule has 62 heavy (non-hydrogen) atoms. The van der Waals surface area contributed by atoms with Gasteiger partial charge in [-0.15, -0.1) is 0 Å². The number of hydrogen-bond donors (Lipinski definition) is 1. The number of fused-ring (bicyclic) bond motifs is 10. The highest BCUT2D eigenvalue weighted by Crippen LogP contribution is 2.41. The summed E-state index contributed by atoms with van der Waals surface area (Å²) in [6, 6.07) is 79.3. The molecular formula is C58H38N4. The Bertz CT molecular complexity index is 3790. The van der Waals surface area contributed by atoms with E-state index in [-0.39, 0.29) is 6.17 Å². The first-order valence-corrected chi connectivity index (χ1v) is 21.3. The Morgan fingerprint density at radius 2 is 0.935 bits per heavy atom. The average molecular weight is 791 g/mol. The molecule has 1 atom stereocenters. The summed E-state index contributed by atoms with van der Waals surface area (Å²) < 4.78 is 4.81. The van der Waals surface area contributed by atoms with E-state index >= 15 is 0 Å². The third-order valence-corrected chi connectivity index (χ3v) is 12.9. The van der Waals surface area contributed by atoms with Crippen LogP contribution in [0.2, 0.25) is 0 Å². The van der Waals surface area contributed by atoms with Gasteiger partial charge in [0, 0.05) is 55.0 Å². The summed E-state index contributed by atoms with van der Waals surface area (Å²) in [4.78, 5) is 5.58. The lowest BCUT2D eigenvalue weighted by Crippen LogP contribution is -2.21. The number of rotatable bonds is 5. The van der Waals surface area contributed by atoms with E-state index in [1.54, 1.807) is 0 Å². The van der Waals surface area contributed by atoms with Crippen LogP contribution in [0.1, 0.15) is 22.9 Å². The van der Waals surface area contributed by atoms with Gasteiger partial charge in [0.1, 0.15) is 6.17 Å². The molecule has 1 N–H and O–H groups in total. The molecule has 4 nitrogen and oxygen atoms in total. The molecule has 1 aliphatic rings. The van der Waals surface area contributed by atoms with Gasteiger partial charge in [0.15, 0.2) is 0 Å². The Morgan fingerprint density at radius 1 is 0.355 bits per heavy atom. The summed E-state index contributed by atoms with van der Waals surface area (Å²) >= 11 is 0. The highest BCUT2D eigenvalue weighted by molar-refractivity contribution is 6.21. The minimum absolute atomic E-state index is 0.270. The van der Waals surface area contributed by atoms with Crippen molar-refractivity contribution in [3.8, 4) is 22.5 Å². The summed E-state index contributed by atoms with van der Waals surface area (Å²) in [6.07, 6.45) is -0.270. The second-order valence-electron chi connectivity index (χ2n) is 16.4. The minimum atomic E-state index is -0.270. The predicted octanol–water partition coefficient (Wildman–Crippen LogP) is 14.8. The van der Waals surface area contributed by atoms with Crippen LogP contribution in [-0.2, 0) is 0 Å². The predicted molar refractivity (Wildman–Crippen MR) is 260 cm³/mol. The zero-order valence-corrected chi connectivity index (χ0v) is 33.7. The maximum atomic E-state index is 5.58. The van der Waals surface area contributed by atoms with Crippen LogP contribution in [0.25, 0.3) is 87.7 Å². The van der Waals surface area contributed by atoms with Crippen LogP contribution in [0.5, 0.6) is 0 Å². The van der Waals surface area contributed by atoms with Crippen LogP contribution in [0.3, 0.4) is 0 Å². The van der Waals surface area contributed by atoms with Gasteiger partial charge >= 0.3 is 0 Å². The van der Waals surface area contributed by atoms with Gasteiger partial charge in [0.25, 0.3) is 0 Å². The Kier molecular flexibility index (Phi) is 7.63. The lowest BCUT2D eigenvalue weighted by Gasteiger charge is -2.28. The zero-order chi connectivity index (χ0) is 40.7. The number of aromatic nitrogens is 2. The molecule has 0 spiro atoms. The fourth-order valence-corrected chi connectivity index (χ4v) is 10.1. The molecule has 0 fully saturated rings. The number of anilines is 1. The van der Waals surface area contributed by atoms with Crippen molar-refractivity contribution < 1.29 is 0 Å². The number of nitrogens with one attached hydrogen (secondary N) is 1. The molecule has 290 valence electrons. The number of benzene rings is 10. The number of hydrogen-bond acceptors (Lipinski definition) is 2. The van der Waals surface area contributed by atoms with Crippen LogP contribution in [-0.4, -0.2) is 14.8 Å². The molecule has 4 heteroatoms. The van der Waals surface area contributed by atoms with E-state index < -0.39 is 0 Å². The first-order valence-electron chi connectivity index (χ1n) is 21.3. The molecule has 0 bridgehead atoms. The van der Waals surface area contributed by atoms with Gasteiger partial charge in [0.05, 0.1) is 33.5 Å². The number of nitrogens with zero attached hydrogens (tertiary/aromatic N) is 3. The summed E-state index contributed by atoms with van der Waals surface area (Å²) in [7, 11) is 0. The van der Waals surface area contributed by atoms with E-state index in [2.05, 4.69) is 233 Å². The number of aliphatic imine (C=N–C) groups is 1. The SMILES string of the molecule is c1ccc(-n2c3ccccc3c3cc(-c4ccc5c6ccccc6n(-c6cccc(C7=NC(c8cccc9ccccc89)Nc8c7ccc7ccccc87)c6)c5c4)ccc32)cc1. The Balaban J connectivity index is 0.986. The standard InChI is InChI=1S/C58H38N4/c1-2-18-42(19-3-1)61-53-27-11-9-24-47(53)51-35-39(30-33-54(51)61)40-29-31-48-46-23-8-10-26-52(46)62(55(48)36-40)43-20-12-17-41(34-43)56-50-32-28-38-15-5-7-22-45(38)57(50)60-58(59-56)49-25-13-16-37-14-4-6-21-44(37)49/h1-36,58,60H. The van der Waals surface area contributed by atoms with Crippen molar-refractivity contribution in [2.75, 3.05) is 5.32 Å². The maximum Gasteiger partial charge on any atom is 0.146 e. The van der Waals surface area contributed by atoms with Crippen molar-refractivity contribution in [2.24, 2.45) is 4.99 Å². The third kappa shape index (κ3) is 5.30. The Morgan fingerprint density at radius 3 is 1.76 bits per heavy atom. The van der Waals surface area contributed by atoms with Crippen LogP contribution in [0.15, 0.2) is 223 Å². The second-order valence-corrected chi connectivity index (χ2v) is 16.4. The molecule has 0 aliphatic carbocycles. The lowest BCUT2D eigenvalue weighted by atomic mass is 9.93. The smallest absolute Gasteiger partial charge is 0.146 e.